The summed E-state index contributed by atoms with van der Waals surface area (Å²) in [7, 11) is 1.21. The second-order valence-corrected chi connectivity index (χ2v) is 4.29. The van der Waals surface area contributed by atoms with Crippen LogP contribution in [0, 0.1) is 12.3 Å². The van der Waals surface area contributed by atoms with E-state index in [4.69, 9.17) is 15.6 Å². The molecule has 0 aliphatic heterocycles. The van der Waals surface area contributed by atoms with Gasteiger partial charge in [-0.1, -0.05) is 0 Å². The molecule has 0 N–H and O–H groups in total. The third-order valence-electron chi connectivity index (χ3n) is 2.84. The van der Waals surface area contributed by atoms with Gasteiger partial charge in [-0.05, 0) is 30.7 Å². The van der Waals surface area contributed by atoms with Crippen molar-refractivity contribution < 1.29 is 18.7 Å². The molecule has 5 nitrogen and oxygen atoms in total. The zero-order valence-electron chi connectivity index (χ0n) is 11.5. The summed E-state index contributed by atoms with van der Waals surface area (Å²) >= 11 is 0. The Kier molecular flexibility index (Phi) is 4.62. The van der Waals surface area contributed by atoms with Gasteiger partial charge in [0.1, 0.15) is 16.9 Å². The van der Waals surface area contributed by atoms with Gasteiger partial charge in [-0.2, -0.15) is 0 Å². The van der Waals surface area contributed by atoms with Crippen molar-refractivity contribution in [2.45, 2.75) is 12.8 Å². The lowest BCUT2D eigenvalue weighted by molar-refractivity contribution is 0.0596. The van der Waals surface area contributed by atoms with Crippen LogP contribution in [0.15, 0.2) is 33.5 Å². The van der Waals surface area contributed by atoms with Crippen molar-refractivity contribution in [3.8, 4) is 18.1 Å². The van der Waals surface area contributed by atoms with E-state index >= 15 is 0 Å². The number of carbonyl (C=O) groups excluding carboxylic acids is 1. The molecule has 2 rings (SSSR count). The monoisotopic (exact) mass is 286 g/mol. The molecule has 1 heterocycles. The van der Waals surface area contributed by atoms with E-state index in [9.17, 15) is 9.59 Å². The lowest BCUT2D eigenvalue weighted by Gasteiger charge is -2.06. The van der Waals surface area contributed by atoms with Crippen molar-refractivity contribution in [3.05, 3.63) is 40.2 Å². The fraction of sp³-hybridized carbons (Fsp3) is 0.250. The van der Waals surface area contributed by atoms with Crippen molar-refractivity contribution in [1.82, 2.24) is 0 Å². The van der Waals surface area contributed by atoms with Crippen LogP contribution in [0.5, 0.6) is 5.75 Å². The molecular weight excluding hydrogens is 272 g/mol. The number of benzene rings is 1. The van der Waals surface area contributed by atoms with Crippen LogP contribution in [0.25, 0.3) is 11.0 Å². The van der Waals surface area contributed by atoms with E-state index < -0.39 is 11.6 Å². The fourth-order valence-electron chi connectivity index (χ4n) is 1.81. The quantitative estimate of drug-likeness (QED) is 0.365. The molecule has 108 valence electrons. The average Bonchev–Trinajstić information content (AvgIpc) is 2.50. The summed E-state index contributed by atoms with van der Waals surface area (Å²) in [4.78, 5) is 23.1. The molecule has 2 aromatic rings. The minimum absolute atomic E-state index is 0.144. The number of rotatable bonds is 5. The third kappa shape index (κ3) is 3.42. The second kappa shape index (κ2) is 6.62. The third-order valence-corrected chi connectivity index (χ3v) is 2.84. The lowest BCUT2D eigenvalue weighted by Crippen LogP contribution is -2.14. The minimum Gasteiger partial charge on any atom is -0.494 e. The van der Waals surface area contributed by atoms with Gasteiger partial charge in [0.25, 0.3) is 0 Å². The van der Waals surface area contributed by atoms with Gasteiger partial charge >= 0.3 is 11.6 Å². The van der Waals surface area contributed by atoms with Crippen LogP contribution in [0.4, 0.5) is 0 Å². The molecule has 21 heavy (non-hydrogen) atoms. The topological polar surface area (TPSA) is 65.7 Å². The van der Waals surface area contributed by atoms with Crippen LogP contribution >= 0.6 is 0 Å². The molecule has 0 aliphatic carbocycles. The molecule has 0 atom stereocenters. The Bertz CT molecular complexity index is 751. The van der Waals surface area contributed by atoms with Gasteiger partial charge in [0, 0.05) is 11.8 Å². The standard InChI is InChI=1S/C16H14O5/c1-3-4-5-8-20-12-6-7-14-11(9-12)10-13(15(17)19-2)16(18)21-14/h1,6-7,9-10H,4-5,8H2,2H3. The van der Waals surface area contributed by atoms with Crippen molar-refractivity contribution in [2.75, 3.05) is 13.7 Å². The largest absolute Gasteiger partial charge is 0.494 e. The van der Waals surface area contributed by atoms with E-state index in [1.807, 2.05) is 0 Å². The van der Waals surface area contributed by atoms with Gasteiger partial charge in [-0.3, -0.25) is 0 Å². The summed E-state index contributed by atoms with van der Waals surface area (Å²) in [6, 6.07) is 6.44. The van der Waals surface area contributed by atoms with Crippen LogP contribution in [0.2, 0.25) is 0 Å². The van der Waals surface area contributed by atoms with Crippen LogP contribution < -0.4 is 10.4 Å². The van der Waals surface area contributed by atoms with E-state index in [2.05, 4.69) is 10.7 Å². The van der Waals surface area contributed by atoms with E-state index in [1.165, 1.54) is 13.2 Å². The van der Waals surface area contributed by atoms with Crippen molar-refractivity contribution in [1.29, 1.82) is 0 Å². The van der Waals surface area contributed by atoms with Gasteiger partial charge in [-0.25, -0.2) is 9.59 Å². The summed E-state index contributed by atoms with van der Waals surface area (Å²) in [6.45, 7) is 0.496. The van der Waals surface area contributed by atoms with Crippen LogP contribution in [-0.4, -0.2) is 19.7 Å². The normalized spacial score (nSPS) is 10.1. The minimum atomic E-state index is -0.731. The lowest BCUT2D eigenvalue weighted by atomic mass is 10.2. The van der Waals surface area contributed by atoms with Gasteiger partial charge in [-0.15, -0.1) is 12.3 Å². The van der Waals surface area contributed by atoms with E-state index in [1.54, 1.807) is 18.2 Å². The maximum atomic E-state index is 11.6. The number of esters is 1. The zero-order chi connectivity index (χ0) is 15.2. The highest BCUT2D eigenvalue weighted by Gasteiger charge is 2.14. The van der Waals surface area contributed by atoms with Gasteiger partial charge in [0.05, 0.1) is 13.7 Å². The Hall–Kier alpha value is -2.74. The van der Waals surface area contributed by atoms with Gasteiger partial charge < -0.3 is 13.9 Å². The van der Waals surface area contributed by atoms with Crippen LogP contribution in [0.1, 0.15) is 23.2 Å². The first-order valence-corrected chi connectivity index (χ1v) is 6.38. The molecule has 0 aliphatic rings. The average molecular weight is 286 g/mol. The summed E-state index contributed by atoms with van der Waals surface area (Å²) < 4.78 is 15.2. The number of carbonyl (C=O) groups is 1. The maximum Gasteiger partial charge on any atom is 0.351 e. The van der Waals surface area contributed by atoms with Gasteiger partial charge in [0.2, 0.25) is 0 Å². The Balaban J connectivity index is 2.29. The molecule has 0 radical (unpaired) electrons. The summed E-state index contributed by atoms with van der Waals surface area (Å²) in [6.07, 6.45) is 6.57. The van der Waals surface area contributed by atoms with Gasteiger partial charge in [0.15, 0.2) is 0 Å². The highest BCUT2D eigenvalue weighted by Crippen LogP contribution is 2.21. The molecule has 0 amide bonds. The first-order chi connectivity index (χ1) is 10.2. The Morgan fingerprint density at radius 1 is 1.38 bits per heavy atom. The first-order valence-electron chi connectivity index (χ1n) is 6.38. The smallest absolute Gasteiger partial charge is 0.351 e. The molecule has 0 fully saturated rings. The number of hydrogen-bond donors (Lipinski definition) is 0. The number of hydrogen-bond acceptors (Lipinski definition) is 5. The fourth-order valence-corrected chi connectivity index (χ4v) is 1.81. The SMILES string of the molecule is C#CCCCOc1ccc2oc(=O)c(C(=O)OC)cc2c1. The maximum absolute atomic E-state index is 11.6. The highest BCUT2D eigenvalue weighted by atomic mass is 16.5. The van der Waals surface area contributed by atoms with Crippen LogP contribution in [-0.2, 0) is 4.74 Å². The number of unbranched alkanes of at least 4 members (excludes halogenated alkanes) is 1. The predicted molar refractivity (Wildman–Crippen MR) is 77.4 cm³/mol. The first kappa shape index (κ1) is 14.7. The molecule has 0 saturated heterocycles. The van der Waals surface area contributed by atoms with Crippen LogP contribution in [0.3, 0.4) is 0 Å². The zero-order valence-corrected chi connectivity index (χ0v) is 11.5. The summed E-state index contributed by atoms with van der Waals surface area (Å²) in [5.74, 6) is 2.42. The van der Waals surface area contributed by atoms with E-state index in [0.717, 1.165) is 6.42 Å². The Morgan fingerprint density at radius 3 is 2.90 bits per heavy atom. The number of ether oxygens (including phenoxy) is 2. The highest BCUT2D eigenvalue weighted by molar-refractivity contribution is 5.93. The second-order valence-electron chi connectivity index (χ2n) is 4.29. The number of terminal acetylenes is 1. The summed E-state index contributed by atoms with van der Waals surface area (Å²) in [5.41, 5.74) is -0.491. The summed E-state index contributed by atoms with van der Waals surface area (Å²) in [5, 5.41) is 0.587. The van der Waals surface area contributed by atoms with E-state index in [-0.39, 0.29) is 5.56 Å². The van der Waals surface area contributed by atoms with Crippen molar-refractivity contribution in [2.24, 2.45) is 0 Å². The molecule has 0 spiro atoms. The number of methoxy groups -OCH3 is 1. The molecule has 0 bridgehead atoms. The molecular formula is C16H14O5. The van der Waals surface area contributed by atoms with E-state index in [0.29, 0.717) is 29.7 Å². The Morgan fingerprint density at radius 2 is 2.19 bits per heavy atom. The van der Waals surface area contributed by atoms with Crippen molar-refractivity contribution >= 4 is 16.9 Å². The molecule has 1 aromatic carbocycles. The number of fused-ring (bicyclic) bond motifs is 1. The Labute approximate surface area is 121 Å². The molecule has 5 heteroatoms. The molecule has 0 unspecified atom stereocenters. The predicted octanol–water partition coefficient (Wildman–Crippen LogP) is 2.37. The molecule has 1 aromatic heterocycles. The molecule has 0 saturated carbocycles. The van der Waals surface area contributed by atoms with Crippen molar-refractivity contribution in [3.63, 3.8) is 0 Å².